The molecule has 0 unspecified atom stereocenters. The second-order valence-corrected chi connectivity index (χ2v) is 4.29. The van der Waals surface area contributed by atoms with Crippen molar-refractivity contribution in [3.05, 3.63) is 24.5 Å². The Labute approximate surface area is 95.0 Å². The van der Waals surface area contributed by atoms with E-state index >= 15 is 0 Å². The number of thioether (sulfide) groups is 1. The molecular weight excluding hydrogens is 226 g/mol. The van der Waals surface area contributed by atoms with Crippen molar-refractivity contribution >= 4 is 23.4 Å². The van der Waals surface area contributed by atoms with E-state index in [2.05, 4.69) is 20.8 Å². The van der Waals surface area contributed by atoms with Gasteiger partial charge in [0.25, 0.3) is 0 Å². The molecule has 80 valence electrons. The van der Waals surface area contributed by atoms with Crippen molar-refractivity contribution in [2.75, 3.05) is 11.1 Å². The Morgan fingerprint density at radius 1 is 1.44 bits per heavy atom. The summed E-state index contributed by atoms with van der Waals surface area (Å²) in [5.41, 5.74) is 1.64. The van der Waals surface area contributed by atoms with Gasteiger partial charge in [0, 0.05) is 4.90 Å². The Kier molecular flexibility index (Phi) is 2.10. The number of fused-ring (bicyclic) bond motifs is 1. The highest BCUT2D eigenvalue weighted by Gasteiger charge is 2.15. The lowest BCUT2D eigenvalue weighted by Crippen LogP contribution is -2.18. The number of benzene rings is 1. The SMILES string of the molecule is O=C1CSc2ccc(-n3cnnn3)cc2N1. The third-order valence-corrected chi connectivity index (χ3v) is 3.28. The largest absolute Gasteiger partial charge is 0.324 e. The normalized spacial score (nSPS) is 14.4. The molecule has 3 rings (SSSR count). The van der Waals surface area contributed by atoms with Crippen LogP contribution in [0.15, 0.2) is 29.4 Å². The van der Waals surface area contributed by atoms with E-state index < -0.39 is 0 Å². The maximum Gasteiger partial charge on any atom is 0.234 e. The van der Waals surface area contributed by atoms with E-state index in [1.54, 1.807) is 4.68 Å². The topological polar surface area (TPSA) is 72.7 Å². The summed E-state index contributed by atoms with van der Waals surface area (Å²) in [6.45, 7) is 0. The van der Waals surface area contributed by atoms with Crippen LogP contribution in [0, 0.1) is 0 Å². The van der Waals surface area contributed by atoms with Crippen LogP contribution in [0.2, 0.25) is 0 Å². The number of nitrogens with zero attached hydrogens (tertiary/aromatic N) is 4. The standard InChI is InChI=1S/C9H7N5OS/c15-9-4-16-8-2-1-6(3-7(8)11-9)14-5-10-12-13-14/h1-3,5H,4H2,(H,11,15). The second kappa shape index (κ2) is 3.60. The lowest BCUT2D eigenvalue weighted by Gasteiger charge is -2.16. The fourth-order valence-electron chi connectivity index (χ4n) is 1.49. The number of aromatic nitrogens is 4. The average molecular weight is 233 g/mol. The minimum absolute atomic E-state index is 0.0198. The van der Waals surface area contributed by atoms with E-state index in [4.69, 9.17) is 0 Å². The quantitative estimate of drug-likeness (QED) is 0.785. The zero-order valence-corrected chi connectivity index (χ0v) is 8.94. The van der Waals surface area contributed by atoms with Crippen molar-refractivity contribution in [2.24, 2.45) is 0 Å². The number of tetrazole rings is 1. The number of hydrogen-bond donors (Lipinski definition) is 1. The van der Waals surface area contributed by atoms with Crippen LogP contribution in [0.1, 0.15) is 0 Å². The minimum Gasteiger partial charge on any atom is -0.324 e. The van der Waals surface area contributed by atoms with Gasteiger partial charge in [0.1, 0.15) is 6.33 Å². The summed E-state index contributed by atoms with van der Waals surface area (Å²) in [4.78, 5) is 12.3. The molecule has 2 aromatic rings. The van der Waals surface area contributed by atoms with Crippen LogP contribution in [0.4, 0.5) is 5.69 Å². The van der Waals surface area contributed by atoms with Gasteiger partial charge >= 0.3 is 0 Å². The van der Waals surface area contributed by atoms with Crippen LogP contribution in [-0.4, -0.2) is 31.9 Å². The summed E-state index contributed by atoms with van der Waals surface area (Å²) in [5.74, 6) is 0.489. The Morgan fingerprint density at radius 3 is 3.19 bits per heavy atom. The fraction of sp³-hybridized carbons (Fsp3) is 0.111. The number of rotatable bonds is 1. The van der Waals surface area contributed by atoms with Crippen molar-refractivity contribution in [3.8, 4) is 5.69 Å². The molecule has 0 spiro atoms. The number of nitrogens with one attached hydrogen (secondary N) is 1. The number of anilines is 1. The molecule has 0 radical (unpaired) electrons. The smallest absolute Gasteiger partial charge is 0.234 e. The number of carbonyl (C=O) groups is 1. The zero-order chi connectivity index (χ0) is 11.0. The first kappa shape index (κ1) is 9.34. The Hall–Kier alpha value is -1.89. The molecule has 0 aliphatic carbocycles. The van der Waals surface area contributed by atoms with Crippen molar-refractivity contribution < 1.29 is 4.79 Å². The third kappa shape index (κ3) is 1.54. The first-order valence-corrected chi connectivity index (χ1v) is 5.61. The predicted molar refractivity (Wildman–Crippen MR) is 58.5 cm³/mol. The summed E-state index contributed by atoms with van der Waals surface area (Å²) >= 11 is 1.53. The van der Waals surface area contributed by atoms with Crippen LogP contribution in [0.25, 0.3) is 5.69 Å². The van der Waals surface area contributed by atoms with Crippen LogP contribution in [0.3, 0.4) is 0 Å². The lowest BCUT2D eigenvalue weighted by molar-refractivity contribution is -0.113. The molecule has 1 amide bonds. The van der Waals surface area contributed by atoms with Crippen molar-refractivity contribution in [3.63, 3.8) is 0 Å². The molecule has 0 saturated carbocycles. The first-order chi connectivity index (χ1) is 7.83. The van der Waals surface area contributed by atoms with Gasteiger partial charge < -0.3 is 5.32 Å². The van der Waals surface area contributed by atoms with Crippen LogP contribution in [0.5, 0.6) is 0 Å². The first-order valence-electron chi connectivity index (χ1n) is 4.63. The predicted octanol–water partition coefficient (Wildman–Crippen LogP) is 0.706. The molecule has 2 heterocycles. The van der Waals surface area contributed by atoms with E-state index in [1.165, 1.54) is 18.1 Å². The lowest BCUT2D eigenvalue weighted by atomic mass is 10.2. The molecule has 1 aromatic heterocycles. The number of amides is 1. The van der Waals surface area contributed by atoms with Gasteiger partial charge in [-0.3, -0.25) is 4.79 Å². The molecular formula is C9H7N5OS. The van der Waals surface area contributed by atoms with Crippen molar-refractivity contribution in [1.29, 1.82) is 0 Å². The Morgan fingerprint density at radius 2 is 2.38 bits per heavy atom. The molecule has 6 nitrogen and oxygen atoms in total. The molecule has 1 aliphatic heterocycles. The van der Waals surface area contributed by atoms with Gasteiger partial charge in [-0.2, -0.15) is 0 Å². The van der Waals surface area contributed by atoms with Gasteiger partial charge in [-0.05, 0) is 28.6 Å². The van der Waals surface area contributed by atoms with Crippen molar-refractivity contribution in [2.45, 2.75) is 4.90 Å². The molecule has 0 saturated heterocycles. The van der Waals surface area contributed by atoms with Gasteiger partial charge in [-0.25, -0.2) is 4.68 Å². The third-order valence-electron chi connectivity index (χ3n) is 2.21. The highest BCUT2D eigenvalue weighted by Crippen LogP contribution is 2.32. The molecule has 0 bridgehead atoms. The molecule has 16 heavy (non-hydrogen) atoms. The molecule has 0 fully saturated rings. The summed E-state index contributed by atoms with van der Waals surface area (Å²) in [6.07, 6.45) is 1.51. The maximum absolute atomic E-state index is 11.2. The van der Waals surface area contributed by atoms with E-state index in [0.29, 0.717) is 5.75 Å². The van der Waals surface area contributed by atoms with Gasteiger partial charge in [-0.1, -0.05) is 0 Å². The van der Waals surface area contributed by atoms with Gasteiger partial charge in [0.2, 0.25) is 5.91 Å². The van der Waals surface area contributed by atoms with E-state index in [-0.39, 0.29) is 5.91 Å². The fourth-order valence-corrected chi connectivity index (χ4v) is 2.28. The van der Waals surface area contributed by atoms with Crippen LogP contribution >= 0.6 is 11.8 Å². The van der Waals surface area contributed by atoms with Crippen LogP contribution < -0.4 is 5.32 Å². The van der Waals surface area contributed by atoms with E-state index in [1.807, 2.05) is 18.2 Å². The molecule has 1 N–H and O–H groups in total. The zero-order valence-electron chi connectivity index (χ0n) is 8.12. The minimum atomic E-state index is 0.0198. The molecule has 1 aromatic carbocycles. The van der Waals surface area contributed by atoms with Gasteiger partial charge in [0.05, 0.1) is 17.1 Å². The van der Waals surface area contributed by atoms with Crippen molar-refractivity contribution in [1.82, 2.24) is 20.2 Å². The molecule has 7 heteroatoms. The van der Waals surface area contributed by atoms with Gasteiger partial charge in [-0.15, -0.1) is 16.9 Å². The maximum atomic E-state index is 11.2. The van der Waals surface area contributed by atoms with E-state index in [9.17, 15) is 4.79 Å². The Bertz CT molecular complexity index is 539. The monoisotopic (exact) mass is 233 g/mol. The van der Waals surface area contributed by atoms with Crippen LogP contribution in [-0.2, 0) is 4.79 Å². The number of hydrogen-bond acceptors (Lipinski definition) is 5. The van der Waals surface area contributed by atoms with Gasteiger partial charge in [0.15, 0.2) is 0 Å². The average Bonchev–Trinajstić information content (AvgIpc) is 2.81. The highest BCUT2D eigenvalue weighted by atomic mass is 32.2. The highest BCUT2D eigenvalue weighted by molar-refractivity contribution is 8.00. The second-order valence-electron chi connectivity index (χ2n) is 3.27. The molecule has 1 aliphatic rings. The summed E-state index contributed by atoms with van der Waals surface area (Å²) in [6, 6.07) is 5.73. The molecule has 0 atom stereocenters. The van der Waals surface area contributed by atoms with E-state index in [0.717, 1.165) is 16.3 Å². The Balaban J connectivity index is 2.04. The summed E-state index contributed by atoms with van der Waals surface area (Å²) in [7, 11) is 0. The summed E-state index contributed by atoms with van der Waals surface area (Å²) < 4.78 is 1.55. The summed E-state index contributed by atoms with van der Waals surface area (Å²) in [5, 5.41) is 13.7. The number of carbonyl (C=O) groups excluding carboxylic acids is 1.